The lowest BCUT2D eigenvalue weighted by molar-refractivity contribution is -0.141. The minimum absolute atomic E-state index is 0.145. The Hall–Kier alpha value is -2.96. The zero-order valence-corrected chi connectivity index (χ0v) is 15.2. The topological polar surface area (TPSA) is 99.1 Å². The summed E-state index contributed by atoms with van der Waals surface area (Å²) in [5.74, 6) is -1.88. The molecule has 0 aliphatic carbocycles. The standard InChI is InChI=1S/C19H23N3O4/c1-4-5-6-15(19(25)26)20-18(24)14-9-10-17(23)22(21-14)16-11-12(2)7-8-13(16)3/h4-5,7-8,11,15H,6,9-10H2,1-3H3,(H,20,24)(H,25,26)/b5-4+. The third-order valence-electron chi connectivity index (χ3n) is 4.10. The Morgan fingerprint density at radius 2 is 2.08 bits per heavy atom. The van der Waals surface area contributed by atoms with E-state index in [9.17, 15) is 19.5 Å². The van der Waals surface area contributed by atoms with E-state index in [0.717, 1.165) is 11.1 Å². The lowest BCUT2D eigenvalue weighted by atomic mass is 10.1. The van der Waals surface area contributed by atoms with Crippen LogP contribution in [0.15, 0.2) is 35.5 Å². The van der Waals surface area contributed by atoms with Crippen molar-refractivity contribution >= 4 is 29.2 Å². The number of amides is 2. The number of aryl methyl sites for hydroxylation is 2. The molecule has 2 rings (SSSR count). The number of carboxylic acid groups (broad SMARTS) is 1. The molecule has 7 heteroatoms. The first-order valence-electron chi connectivity index (χ1n) is 8.46. The van der Waals surface area contributed by atoms with Crippen molar-refractivity contribution in [2.24, 2.45) is 5.10 Å². The zero-order chi connectivity index (χ0) is 19.3. The van der Waals surface area contributed by atoms with Crippen LogP contribution in [0.4, 0.5) is 5.69 Å². The fourth-order valence-electron chi connectivity index (χ4n) is 2.59. The van der Waals surface area contributed by atoms with E-state index < -0.39 is 17.9 Å². The van der Waals surface area contributed by atoms with Crippen molar-refractivity contribution in [2.45, 2.75) is 46.1 Å². The second kappa shape index (κ2) is 8.42. The number of aliphatic carboxylic acids is 1. The quantitative estimate of drug-likeness (QED) is 0.763. The number of carboxylic acids is 1. The SMILES string of the molecule is C/C=C/CC(NC(=O)C1=NN(c2cc(C)ccc2C)C(=O)CC1)C(=O)O. The molecule has 138 valence electrons. The molecule has 1 unspecified atom stereocenters. The number of rotatable bonds is 6. The number of hydrazone groups is 1. The lowest BCUT2D eigenvalue weighted by Crippen LogP contribution is -2.46. The number of carbonyl (C=O) groups excluding carboxylic acids is 2. The van der Waals surface area contributed by atoms with Gasteiger partial charge in [0, 0.05) is 12.8 Å². The van der Waals surface area contributed by atoms with E-state index in [0.29, 0.717) is 5.69 Å². The maximum atomic E-state index is 12.4. The normalized spacial score (nSPS) is 15.7. The summed E-state index contributed by atoms with van der Waals surface area (Å²) in [6.07, 6.45) is 3.91. The van der Waals surface area contributed by atoms with Crippen LogP contribution >= 0.6 is 0 Å². The molecule has 2 N–H and O–H groups in total. The molecule has 0 saturated carbocycles. The van der Waals surface area contributed by atoms with Crippen molar-refractivity contribution in [3.05, 3.63) is 41.5 Å². The van der Waals surface area contributed by atoms with E-state index >= 15 is 0 Å². The number of nitrogens with one attached hydrogen (secondary N) is 1. The summed E-state index contributed by atoms with van der Waals surface area (Å²) >= 11 is 0. The van der Waals surface area contributed by atoms with Gasteiger partial charge in [-0.1, -0.05) is 24.3 Å². The fraction of sp³-hybridized carbons (Fsp3) is 0.368. The average Bonchev–Trinajstić information content (AvgIpc) is 2.60. The van der Waals surface area contributed by atoms with Crippen molar-refractivity contribution in [1.29, 1.82) is 0 Å². The minimum atomic E-state index is -1.12. The molecule has 26 heavy (non-hydrogen) atoms. The summed E-state index contributed by atoms with van der Waals surface area (Å²) in [6.45, 7) is 5.55. The minimum Gasteiger partial charge on any atom is -0.480 e. The molecule has 0 fully saturated rings. The molecular formula is C19H23N3O4. The second-order valence-electron chi connectivity index (χ2n) is 6.21. The van der Waals surface area contributed by atoms with Gasteiger partial charge in [0.1, 0.15) is 11.8 Å². The smallest absolute Gasteiger partial charge is 0.326 e. The van der Waals surface area contributed by atoms with Gasteiger partial charge in [-0.3, -0.25) is 9.59 Å². The number of hydrogen-bond donors (Lipinski definition) is 2. The van der Waals surface area contributed by atoms with E-state index in [-0.39, 0.29) is 30.9 Å². The Kier molecular flexibility index (Phi) is 6.27. The summed E-state index contributed by atoms with van der Waals surface area (Å²) in [5, 5.41) is 17.2. The van der Waals surface area contributed by atoms with Crippen molar-refractivity contribution in [1.82, 2.24) is 5.32 Å². The third kappa shape index (κ3) is 4.56. The number of anilines is 1. The molecule has 1 aliphatic rings. The highest BCUT2D eigenvalue weighted by Gasteiger charge is 2.28. The molecule has 1 aromatic rings. The Morgan fingerprint density at radius 1 is 1.35 bits per heavy atom. The van der Waals surface area contributed by atoms with Gasteiger partial charge in [-0.05, 0) is 44.4 Å². The first kappa shape index (κ1) is 19.4. The van der Waals surface area contributed by atoms with Gasteiger partial charge in [-0.15, -0.1) is 0 Å². The molecule has 0 bridgehead atoms. The molecule has 0 spiro atoms. The molecule has 0 aromatic heterocycles. The number of allylic oxidation sites excluding steroid dienone is 1. The van der Waals surface area contributed by atoms with Crippen molar-refractivity contribution < 1.29 is 19.5 Å². The van der Waals surface area contributed by atoms with Gasteiger partial charge in [0.2, 0.25) is 5.91 Å². The van der Waals surface area contributed by atoms with E-state index in [1.54, 1.807) is 19.1 Å². The highest BCUT2D eigenvalue weighted by Crippen LogP contribution is 2.25. The van der Waals surface area contributed by atoms with Crippen LogP contribution in [0.2, 0.25) is 0 Å². The number of hydrogen-bond acceptors (Lipinski definition) is 4. The van der Waals surface area contributed by atoms with Crippen LogP contribution in [-0.4, -0.2) is 34.6 Å². The molecule has 1 aromatic carbocycles. The van der Waals surface area contributed by atoms with Gasteiger partial charge >= 0.3 is 5.97 Å². The number of nitrogens with zero attached hydrogens (tertiary/aromatic N) is 2. The molecular weight excluding hydrogens is 334 g/mol. The summed E-state index contributed by atoms with van der Waals surface area (Å²) in [6, 6.07) is 4.62. The van der Waals surface area contributed by atoms with Gasteiger partial charge in [0.05, 0.1) is 5.69 Å². The third-order valence-corrected chi connectivity index (χ3v) is 4.10. The average molecular weight is 357 g/mol. The molecule has 1 heterocycles. The molecule has 1 atom stereocenters. The maximum absolute atomic E-state index is 12.4. The van der Waals surface area contributed by atoms with Crippen LogP contribution in [0.1, 0.15) is 37.3 Å². The highest BCUT2D eigenvalue weighted by molar-refractivity contribution is 6.40. The van der Waals surface area contributed by atoms with Gasteiger partial charge in [-0.2, -0.15) is 5.10 Å². The van der Waals surface area contributed by atoms with E-state index in [1.807, 2.05) is 32.0 Å². The van der Waals surface area contributed by atoms with Gasteiger partial charge in [0.15, 0.2) is 0 Å². The molecule has 2 amide bonds. The Balaban J connectivity index is 2.25. The fourth-order valence-corrected chi connectivity index (χ4v) is 2.59. The van der Waals surface area contributed by atoms with Crippen LogP contribution < -0.4 is 10.3 Å². The first-order chi connectivity index (χ1) is 12.3. The maximum Gasteiger partial charge on any atom is 0.326 e. The molecule has 7 nitrogen and oxygen atoms in total. The molecule has 0 radical (unpaired) electrons. The Bertz CT molecular complexity index is 783. The van der Waals surface area contributed by atoms with Gasteiger partial charge in [0.25, 0.3) is 5.91 Å². The van der Waals surface area contributed by atoms with E-state index in [2.05, 4.69) is 10.4 Å². The first-order valence-corrected chi connectivity index (χ1v) is 8.46. The van der Waals surface area contributed by atoms with Gasteiger partial charge < -0.3 is 10.4 Å². The van der Waals surface area contributed by atoms with Crippen LogP contribution in [0.25, 0.3) is 0 Å². The van der Waals surface area contributed by atoms with Crippen molar-refractivity contribution in [2.75, 3.05) is 5.01 Å². The second-order valence-corrected chi connectivity index (χ2v) is 6.21. The Labute approximate surface area is 152 Å². The lowest BCUT2D eigenvalue weighted by Gasteiger charge is -2.25. The van der Waals surface area contributed by atoms with Crippen LogP contribution in [0.5, 0.6) is 0 Å². The van der Waals surface area contributed by atoms with Gasteiger partial charge in [-0.25, -0.2) is 9.80 Å². The van der Waals surface area contributed by atoms with Crippen LogP contribution in [0.3, 0.4) is 0 Å². The predicted molar refractivity (Wildman–Crippen MR) is 99.1 cm³/mol. The summed E-state index contributed by atoms with van der Waals surface area (Å²) in [5.41, 5.74) is 2.62. The summed E-state index contributed by atoms with van der Waals surface area (Å²) in [7, 11) is 0. The number of benzene rings is 1. The van der Waals surface area contributed by atoms with Crippen LogP contribution in [-0.2, 0) is 14.4 Å². The molecule has 0 saturated heterocycles. The van der Waals surface area contributed by atoms with Crippen LogP contribution in [0, 0.1) is 13.8 Å². The van der Waals surface area contributed by atoms with Crippen molar-refractivity contribution in [3.8, 4) is 0 Å². The zero-order valence-electron chi connectivity index (χ0n) is 15.2. The Morgan fingerprint density at radius 3 is 2.73 bits per heavy atom. The summed E-state index contributed by atoms with van der Waals surface area (Å²) in [4.78, 5) is 36.0. The van der Waals surface area contributed by atoms with E-state index in [1.165, 1.54) is 5.01 Å². The predicted octanol–water partition coefficient (Wildman–Crippen LogP) is 2.32. The number of carbonyl (C=O) groups is 3. The molecule has 1 aliphatic heterocycles. The van der Waals surface area contributed by atoms with Crippen molar-refractivity contribution in [3.63, 3.8) is 0 Å². The summed E-state index contributed by atoms with van der Waals surface area (Å²) < 4.78 is 0. The van der Waals surface area contributed by atoms with E-state index in [4.69, 9.17) is 0 Å². The largest absolute Gasteiger partial charge is 0.480 e. The monoisotopic (exact) mass is 357 g/mol. The highest BCUT2D eigenvalue weighted by atomic mass is 16.4.